The number of alkyl halides is 3. The number of benzene rings is 1. The number of nitrogens with zero attached hydrogens (tertiary/aromatic N) is 4. The summed E-state index contributed by atoms with van der Waals surface area (Å²) in [6, 6.07) is 12.4. The van der Waals surface area contributed by atoms with Gasteiger partial charge in [0.1, 0.15) is 6.73 Å². The minimum Gasteiger partial charge on any atom is -0.359 e. The van der Waals surface area contributed by atoms with Gasteiger partial charge in [-0.3, -0.25) is 4.98 Å². The zero-order valence-electron chi connectivity index (χ0n) is 21.5. The number of rotatable bonds is 8. The molecule has 1 saturated carbocycles. The van der Waals surface area contributed by atoms with Gasteiger partial charge in [0, 0.05) is 43.6 Å². The molecule has 194 valence electrons. The third-order valence-corrected chi connectivity index (χ3v) is 8.54. The molecule has 1 aliphatic rings. The van der Waals surface area contributed by atoms with E-state index in [1.807, 2.05) is 18.3 Å². The Bertz CT molecular complexity index is 1130. The third-order valence-electron chi connectivity index (χ3n) is 6.83. The fourth-order valence-corrected chi connectivity index (χ4v) is 5.24. The van der Waals surface area contributed by atoms with E-state index in [0.717, 1.165) is 28.8 Å². The third kappa shape index (κ3) is 6.82. The van der Waals surface area contributed by atoms with Crippen LogP contribution in [0.5, 0.6) is 0 Å². The van der Waals surface area contributed by atoms with E-state index in [-0.39, 0.29) is 12.6 Å². The number of hydrogen-bond acceptors (Lipinski definition) is 4. The van der Waals surface area contributed by atoms with E-state index in [1.165, 1.54) is 30.4 Å². The van der Waals surface area contributed by atoms with E-state index in [0.29, 0.717) is 18.1 Å². The van der Waals surface area contributed by atoms with E-state index in [2.05, 4.69) is 48.8 Å². The lowest BCUT2D eigenvalue weighted by Crippen LogP contribution is -2.22. The van der Waals surface area contributed by atoms with Crippen LogP contribution in [0.2, 0.25) is 25.7 Å². The Hall–Kier alpha value is -2.52. The van der Waals surface area contributed by atoms with Crippen LogP contribution in [-0.4, -0.2) is 34.4 Å². The highest BCUT2D eigenvalue weighted by Gasteiger charge is 2.37. The molecule has 4 rings (SSSR count). The summed E-state index contributed by atoms with van der Waals surface area (Å²) in [6.45, 7) is 9.39. The standard InChI is InChI=1S/C27H35F3N4OSi/c1-19-5-7-21(8-6-19)24-14-13-23(17-31-24)20-9-11-22(12-10-20)25-32-26(27(28,29)30)33-34(25)18-35-15-16-36(2,3)4/h9-14,17,19,21H,5-8,15-16,18H2,1-4H3. The van der Waals surface area contributed by atoms with Crippen LogP contribution in [-0.2, 0) is 17.6 Å². The lowest BCUT2D eigenvalue weighted by Gasteiger charge is -2.25. The van der Waals surface area contributed by atoms with Gasteiger partial charge >= 0.3 is 6.18 Å². The molecular formula is C27H35F3N4OSi. The maximum Gasteiger partial charge on any atom is 0.453 e. The van der Waals surface area contributed by atoms with E-state index in [4.69, 9.17) is 9.72 Å². The van der Waals surface area contributed by atoms with Crippen molar-refractivity contribution < 1.29 is 17.9 Å². The van der Waals surface area contributed by atoms with Gasteiger partial charge in [-0.2, -0.15) is 13.2 Å². The maximum absolute atomic E-state index is 13.3. The molecule has 36 heavy (non-hydrogen) atoms. The van der Waals surface area contributed by atoms with E-state index < -0.39 is 20.1 Å². The summed E-state index contributed by atoms with van der Waals surface area (Å²) in [5, 5.41) is 3.69. The molecule has 0 N–H and O–H groups in total. The van der Waals surface area contributed by atoms with Crippen molar-refractivity contribution in [2.75, 3.05) is 6.61 Å². The molecule has 1 fully saturated rings. The van der Waals surface area contributed by atoms with Gasteiger partial charge in [0.15, 0.2) is 5.82 Å². The van der Waals surface area contributed by atoms with Crippen molar-refractivity contribution in [1.29, 1.82) is 0 Å². The minimum atomic E-state index is -4.62. The first kappa shape index (κ1) is 26.5. The van der Waals surface area contributed by atoms with E-state index in [9.17, 15) is 13.2 Å². The molecule has 3 aromatic rings. The molecule has 9 heteroatoms. The van der Waals surface area contributed by atoms with Gasteiger partial charge in [-0.15, -0.1) is 5.10 Å². The zero-order chi connectivity index (χ0) is 25.9. The van der Waals surface area contributed by atoms with Crippen molar-refractivity contribution in [3.63, 3.8) is 0 Å². The van der Waals surface area contributed by atoms with Crippen molar-refractivity contribution in [2.45, 2.75) is 77.1 Å². The topological polar surface area (TPSA) is 52.8 Å². The second-order valence-corrected chi connectivity index (χ2v) is 16.7. The number of hydrogen-bond donors (Lipinski definition) is 0. The summed E-state index contributed by atoms with van der Waals surface area (Å²) >= 11 is 0. The van der Waals surface area contributed by atoms with Crippen LogP contribution in [0.1, 0.15) is 50.0 Å². The second-order valence-electron chi connectivity index (χ2n) is 11.1. The average Bonchev–Trinajstić information content (AvgIpc) is 3.27. The van der Waals surface area contributed by atoms with Gasteiger partial charge < -0.3 is 4.74 Å². The first-order chi connectivity index (χ1) is 17.0. The number of ether oxygens (including phenoxy) is 1. The average molecular weight is 517 g/mol. The lowest BCUT2D eigenvalue weighted by atomic mass is 9.81. The van der Waals surface area contributed by atoms with Gasteiger partial charge in [-0.25, -0.2) is 9.67 Å². The number of pyridine rings is 1. The molecule has 1 aromatic carbocycles. The summed E-state index contributed by atoms with van der Waals surface area (Å²) in [5.74, 6) is 0.308. The van der Waals surface area contributed by atoms with Crippen molar-refractivity contribution in [2.24, 2.45) is 5.92 Å². The van der Waals surface area contributed by atoms with Crippen LogP contribution in [0, 0.1) is 5.92 Å². The Labute approximate surface area is 212 Å². The second kappa shape index (κ2) is 10.8. The van der Waals surface area contributed by atoms with Crippen LogP contribution < -0.4 is 0 Å². The summed E-state index contributed by atoms with van der Waals surface area (Å²) in [7, 11) is -1.31. The molecule has 5 nitrogen and oxygen atoms in total. The Balaban J connectivity index is 1.49. The first-order valence-electron chi connectivity index (χ1n) is 12.7. The van der Waals surface area contributed by atoms with Crippen LogP contribution in [0.3, 0.4) is 0 Å². The molecule has 0 amide bonds. The fraction of sp³-hybridized carbons (Fsp3) is 0.519. The van der Waals surface area contributed by atoms with Gasteiger partial charge in [0.05, 0.1) is 0 Å². The minimum absolute atomic E-state index is 0.0734. The van der Waals surface area contributed by atoms with E-state index >= 15 is 0 Å². The van der Waals surface area contributed by atoms with Crippen molar-refractivity contribution >= 4 is 8.07 Å². The van der Waals surface area contributed by atoms with Crippen LogP contribution in [0.15, 0.2) is 42.6 Å². The summed E-state index contributed by atoms with van der Waals surface area (Å²) < 4.78 is 46.9. The molecule has 1 aliphatic carbocycles. The first-order valence-corrected chi connectivity index (χ1v) is 16.4. The summed E-state index contributed by atoms with van der Waals surface area (Å²) in [4.78, 5) is 8.52. The largest absolute Gasteiger partial charge is 0.453 e. The van der Waals surface area contributed by atoms with Gasteiger partial charge in [-0.1, -0.05) is 69.7 Å². The smallest absolute Gasteiger partial charge is 0.359 e. The molecule has 2 heterocycles. The molecule has 0 unspecified atom stereocenters. The lowest BCUT2D eigenvalue weighted by molar-refractivity contribution is -0.145. The Kier molecular flexibility index (Phi) is 7.99. The van der Waals surface area contributed by atoms with Crippen LogP contribution >= 0.6 is 0 Å². The Morgan fingerprint density at radius 3 is 2.17 bits per heavy atom. The Morgan fingerprint density at radius 1 is 0.944 bits per heavy atom. The predicted molar refractivity (Wildman–Crippen MR) is 138 cm³/mol. The maximum atomic E-state index is 13.3. The van der Waals surface area contributed by atoms with Gasteiger partial charge in [0.25, 0.3) is 5.82 Å². The van der Waals surface area contributed by atoms with Crippen LogP contribution in [0.25, 0.3) is 22.5 Å². The molecule has 0 saturated heterocycles. The molecule has 0 aliphatic heterocycles. The normalized spacial score (nSPS) is 19.0. The quantitative estimate of drug-likeness (QED) is 0.228. The summed E-state index contributed by atoms with van der Waals surface area (Å²) in [6.07, 6.45) is 2.13. The highest BCUT2D eigenvalue weighted by molar-refractivity contribution is 6.76. The molecule has 0 spiro atoms. The highest BCUT2D eigenvalue weighted by atomic mass is 28.3. The van der Waals surface area contributed by atoms with Gasteiger partial charge in [0.2, 0.25) is 0 Å². The molecule has 0 radical (unpaired) electrons. The zero-order valence-corrected chi connectivity index (χ0v) is 22.5. The van der Waals surface area contributed by atoms with E-state index in [1.54, 1.807) is 12.1 Å². The Morgan fingerprint density at radius 2 is 1.58 bits per heavy atom. The SMILES string of the molecule is CC1CCC(c2ccc(-c3ccc(-c4nc(C(F)(F)F)nn4COCC[Si](C)(C)C)cc3)cn2)CC1. The van der Waals surface area contributed by atoms with Crippen molar-refractivity contribution in [3.8, 4) is 22.5 Å². The number of aromatic nitrogens is 4. The fourth-order valence-electron chi connectivity index (χ4n) is 4.48. The number of halogens is 3. The van der Waals surface area contributed by atoms with Crippen molar-refractivity contribution in [3.05, 3.63) is 54.1 Å². The molecule has 0 atom stereocenters. The monoisotopic (exact) mass is 516 g/mol. The summed E-state index contributed by atoms with van der Waals surface area (Å²) in [5.41, 5.74) is 3.62. The van der Waals surface area contributed by atoms with Gasteiger partial charge in [-0.05, 0) is 36.4 Å². The molecular weight excluding hydrogens is 481 g/mol. The van der Waals surface area contributed by atoms with Crippen molar-refractivity contribution in [1.82, 2.24) is 19.7 Å². The molecule has 0 bridgehead atoms. The van der Waals surface area contributed by atoms with Crippen LogP contribution in [0.4, 0.5) is 13.2 Å². The predicted octanol–water partition coefficient (Wildman–Crippen LogP) is 7.63. The molecule has 2 aromatic heterocycles. The highest BCUT2D eigenvalue weighted by Crippen LogP contribution is 2.35.